The normalized spacial score (nSPS) is 22.6. The molecule has 3 aliphatic rings. The number of likely N-dealkylation sites (tertiary alicyclic amines) is 1. The van der Waals surface area contributed by atoms with Crippen LogP contribution in [-0.2, 0) is 26.9 Å². The summed E-state index contributed by atoms with van der Waals surface area (Å²) < 4.78 is 41.7. The van der Waals surface area contributed by atoms with Crippen molar-refractivity contribution in [1.82, 2.24) is 19.7 Å². The van der Waals surface area contributed by atoms with Crippen LogP contribution in [0.4, 0.5) is 5.69 Å². The lowest BCUT2D eigenvalue weighted by atomic mass is 9.80. The summed E-state index contributed by atoms with van der Waals surface area (Å²) in [6, 6.07) is 16.1. The van der Waals surface area contributed by atoms with Crippen molar-refractivity contribution in [3.8, 4) is 5.75 Å². The molecule has 0 saturated carbocycles. The first kappa shape index (κ1) is 32.1. The Kier molecular flexibility index (Phi) is 8.57. The number of benzene rings is 3. The zero-order valence-corrected chi connectivity index (χ0v) is 28.4. The number of halogens is 2. The topological polar surface area (TPSA) is 99.4 Å². The van der Waals surface area contributed by atoms with Crippen molar-refractivity contribution >= 4 is 44.8 Å². The molecule has 2 atom stereocenters. The van der Waals surface area contributed by atoms with E-state index < -0.39 is 27.5 Å². The number of amides is 1. The van der Waals surface area contributed by atoms with Gasteiger partial charge >= 0.3 is 0 Å². The Labute approximate surface area is 284 Å². The van der Waals surface area contributed by atoms with Gasteiger partial charge in [0, 0.05) is 60.4 Å². The summed E-state index contributed by atoms with van der Waals surface area (Å²) in [7, 11) is -0.731. The van der Waals surface area contributed by atoms with Gasteiger partial charge in [0.2, 0.25) is 5.89 Å². The number of piperazine rings is 1. The molecule has 2 saturated heterocycles. The van der Waals surface area contributed by atoms with Gasteiger partial charge in [0.1, 0.15) is 12.0 Å². The number of carbonyl (C=O) groups is 1. The van der Waals surface area contributed by atoms with Gasteiger partial charge in [-0.05, 0) is 80.1 Å². The predicted molar refractivity (Wildman–Crippen MR) is 179 cm³/mol. The summed E-state index contributed by atoms with van der Waals surface area (Å²) >= 11 is 12.8. The van der Waals surface area contributed by atoms with Gasteiger partial charge in [-0.2, -0.15) is 0 Å². The number of anilines is 1. The van der Waals surface area contributed by atoms with E-state index in [1.807, 2.05) is 23.1 Å². The number of methoxy groups -OCH3 is 1. The lowest BCUT2D eigenvalue weighted by Gasteiger charge is -2.41. The van der Waals surface area contributed by atoms with Crippen LogP contribution in [0.3, 0.4) is 0 Å². The number of sulfonamides is 1. The highest BCUT2D eigenvalue weighted by Gasteiger charge is 2.62. The van der Waals surface area contributed by atoms with E-state index in [9.17, 15) is 8.42 Å². The van der Waals surface area contributed by atoms with Gasteiger partial charge in [0.25, 0.3) is 15.9 Å². The summed E-state index contributed by atoms with van der Waals surface area (Å²) in [5, 5.41) is 0.747. The smallest absolute Gasteiger partial charge is 0.271 e. The molecule has 4 aromatic rings. The van der Waals surface area contributed by atoms with E-state index in [0.717, 1.165) is 42.5 Å². The number of fused-ring (bicyclic) bond motifs is 1. The average molecular weight is 697 g/mol. The van der Waals surface area contributed by atoms with Crippen LogP contribution in [-0.4, -0.2) is 80.9 Å². The van der Waals surface area contributed by atoms with Crippen molar-refractivity contribution in [2.24, 2.45) is 0 Å². The van der Waals surface area contributed by atoms with E-state index in [-0.39, 0.29) is 10.6 Å². The molecule has 246 valence electrons. The maximum Gasteiger partial charge on any atom is 0.271 e. The molecule has 0 radical (unpaired) electrons. The van der Waals surface area contributed by atoms with Gasteiger partial charge in [0.05, 0.1) is 29.9 Å². The van der Waals surface area contributed by atoms with Gasteiger partial charge in [-0.25, -0.2) is 17.7 Å². The monoisotopic (exact) mass is 695 g/mol. The molecule has 4 heterocycles. The number of carbonyl (C=O) groups excluding carboxylic acids is 1. The van der Waals surface area contributed by atoms with Crippen LogP contribution in [0.1, 0.15) is 41.5 Å². The molecule has 0 N–H and O–H groups in total. The van der Waals surface area contributed by atoms with Crippen LogP contribution in [0.25, 0.3) is 0 Å². The van der Waals surface area contributed by atoms with Crippen LogP contribution >= 0.6 is 23.2 Å². The van der Waals surface area contributed by atoms with Crippen molar-refractivity contribution in [2.75, 3.05) is 51.2 Å². The van der Waals surface area contributed by atoms with E-state index in [4.69, 9.17) is 32.4 Å². The highest BCUT2D eigenvalue weighted by atomic mass is 35.5. The van der Waals surface area contributed by atoms with E-state index in [0.29, 0.717) is 52.3 Å². The molecule has 7 rings (SSSR count). The van der Waals surface area contributed by atoms with Crippen LogP contribution < -0.4 is 9.04 Å². The predicted octanol–water partition coefficient (Wildman–Crippen LogP) is 5.55. The second kappa shape index (κ2) is 12.5. The second-order valence-corrected chi connectivity index (χ2v) is 14.9. The van der Waals surface area contributed by atoms with Crippen molar-refractivity contribution in [2.45, 2.75) is 35.9 Å². The molecule has 10 nitrogen and oxygen atoms in total. The first-order valence-corrected chi connectivity index (χ1v) is 17.7. The molecular weight excluding hydrogens is 661 g/mol. The fourth-order valence-electron chi connectivity index (χ4n) is 7.21. The minimum absolute atomic E-state index is 0.0617. The minimum Gasteiger partial charge on any atom is -0.496 e. The lowest BCUT2D eigenvalue weighted by Crippen LogP contribution is -2.54. The van der Waals surface area contributed by atoms with Crippen molar-refractivity contribution < 1.29 is 22.4 Å². The summed E-state index contributed by atoms with van der Waals surface area (Å²) in [4.78, 5) is 26.6. The first-order valence-electron chi connectivity index (χ1n) is 15.5. The molecule has 3 aliphatic heterocycles. The van der Waals surface area contributed by atoms with Gasteiger partial charge < -0.3 is 14.1 Å². The molecular formula is C34H35Cl2N5O5S. The Morgan fingerprint density at radius 3 is 2.40 bits per heavy atom. The van der Waals surface area contributed by atoms with Gasteiger partial charge in [0.15, 0.2) is 5.54 Å². The van der Waals surface area contributed by atoms with Crippen LogP contribution in [0.5, 0.6) is 5.75 Å². The summed E-state index contributed by atoms with van der Waals surface area (Å²) in [5.41, 5.74) is 0.526. The number of likely N-dealkylation sites (N-methyl/N-ethyl adjacent to an activating group) is 1. The van der Waals surface area contributed by atoms with Gasteiger partial charge in [-0.1, -0.05) is 29.3 Å². The Morgan fingerprint density at radius 2 is 1.70 bits per heavy atom. The third-order valence-electron chi connectivity index (χ3n) is 9.49. The molecule has 0 bridgehead atoms. The van der Waals surface area contributed by atoms with Crippen LogP contribution in [0.15, 0.2) is 82.4 Å². The van der Waals surface area contributed by atoms with E-state index in [2.05, 4.69) is 21.8 Å². The number of hydrogen-bond donors (Lipinski definition) is 0. The average Bonchev–Trinajstić information content (AvgIpc) is 3.81. The fourth-order valence-corrected chi connectivity index (χ4v) is 8.97. The molecule has 47 heavy (non-hydrogen) atoms. The van der Waals surface area contributed by atoms with Gasteiger partial charge in [-0.15, -0.1) is 0 Å². The van der Waals surface area contributed by atoms with E-state index in [1.54, 1.807) is 31.5 Å². The van der Waals surface area contributed by atoms with Crippen LogP contribution in [0.2, 0.25) is 10.0 Å². The quantitative estimate of drug-likeness (QED) is 0.235. The Bertz CT molecular complexity index is 1900. The highest BCUT2D eigenvalue weighted by molar-refractivity contribution is 7.93. The zero-order valence-electron chi connectivity index (χ0n) is 26.1. The number of rotatable bonds is 8. The Morgan fingerprint density at radius 1 is 0.957 bits per heavy atom. The minimum atomic E-state index is -4.41. The number of nitrogens with zero attached hydrogens (tertiary/aromatic N) is 5. The SMILES string of the molecule is COc1ccc(CN2CCN(C)CC2)cc1C1(N2CCCC2c2ncco2)C(=O)N(S(=O)(=O)c2ccc(Cl)cc2)c2ccc(Cl)cc21. The third-order valence-corrected chi connectivity index (χ3v) is 11.7. The summed E-state index contributed by atoms with van der Waals surface area (Å²) in [6.07, 6.45) is 4.46. The molecule has 3 aromatic carbocycles. The maximum absolute atomic E-state index is 15.5. The van der Waals surface area contributed by atoms with Crippen molar-refractivity contribution in [3.05, 3.63) is 106 Å². The maximum atomic E-state index is 15.5. The number of ether oxygens (including phenoxy) is 1. The number of aromatic nitrogens is 1. The number of hydrogen-bond acceptors (Lipinski definition) is 9. The highest BCUT2D eigenvalue weighted by Crippen LogP contribution is 2.57. The molecule has 0 spiro atoms. The molecule has 0 aliphatic carbocycles. The van der Waals surface area contributed by atoms with E-state index in [1.165, 1.54) is 30.5 Å². The molecule has 1 aromatic heterocycles. The Balaban J connectivity index is 1.47. The standard InChI is InChI=1S/C34H35Cl2N5O5S/c1-38-15-17-39(18-16-38)22-23-5-12-31(45-2)28(20-23)34(40-14-3-4-30(40)32-37-13-19-46-32)27-21-25(36)8-11-29(27)41(33(34)42)47(43,44)26-9-6-24(35)7-10-26/h5-13,19-21,30H,3-4,14-18,22H2,1-2H3. The summed E-state index contributed by atoms with van der Waals surface area (Å²) in [5.74, 6) is 0.248. The summed E-state index contributed by atoms with van der Waals surface area (Å²) in [6.45, 7) is 4.86. The van der Waals surface area contributed by atoms with Crippen LogP contribution in [0, 0.1) is 0 Å². The largest absolute Gasteiger partial charge is 0.496 e. The van der Waals surface area contributed by atoms with Crippen molar-refractivity contribution in [1.29, 1.82) is 0 Å². The van der Waals surface area contributed by atoms with Crippen molar-refractivity contribution in [3.63, 3.8) is 0 Å². The fraction of sp³-hybridized carbons (Fsp3) is 0.353. The van der Waals surface area contributed by atoms with Gasteiger partial charge in [-0.3, -0.25) is 14.6 Å². The molecule has 1 amide bonds. The zero-order chi connectivity index (χ0) is 32.9. The third kappa shape index (κ3) is 5.43. The second-order valence-electron chi connectivity index (χ2n) is 12.2. The Hall–Kier alpha value is -3.45. The van der Waals surface area contributed by atoms with E-state index >= 15 is 4.79 Å². The molecule has 2 fully saturated rings. The first-order chi connectivity index (χ1) is 22.6. The molecule has 2 unspecified atom stereocenters. The lowest BCUT2D eigenvalue weighted by molar-refractivity contribution is -0.127. The molecule has 13 heteroatoms. The number of oxazole rings is 1.